The lowest BCUT2D eigenvalue weighted by atomic mass is 10.0. The van der Waals surface area contributed by atoms with Gasteiger partial charge < -0.3 is 8.98 Å². The molecule has 2 heteroatoms. The van der Waals surface area contributed by atoms with Crippen LogP contribution in [-0.2, 0) is 6.42 Å². The molecule has 0 amide bonds. The first-order valence-corrected chi connectivity index (χ1v) is 11.9. The molecule has 2 heterocycles. The molecule has 1 aliphatic rings. The summed E-state index contributed by atoms with van der Waals surface area (Å²) in [5, 5.41) is 8.75. The molecule has 8 rings (SSSR count). The van der Waals surface area contributed by atoms with Crippen molar-refractivity contribution in [1.29, 1.82) is 0 Å². The molecule has 0 aliphatic heterocycles. The van der Waals surface area contributed by atoms with E-state index in [1.807, 2.05) is 0 Å². The van der Waals surface area contributed by atoms with E-state index >= 15 is 0 Å². The number of furan rings is 1. The van der Waals surface area contributed by atoms with E-state index in [0.29, 0.717) is 0 Å². The Morgan fingerprint density at radius 2 is 1.47 bits per heavy atom. The van der Waals surface area contributed by atoms with Gasteiger partial charge in [0.2, 0.25) is 0 Å². The predicted molar refractivity (Wildman–Crippen MR) is 143 cm³/mol. The summed E-state index contributed by atoms with van der Waals surface area (Å²) in [6.07, 6.45) is 6.48. The van der Waals surface area contributed by atoms with E-state index in [0.717, 1.165) is 35.4 Å². The summed E-state index contributed by atoms with van der Waals surface area (Å²) in [5.41, 5.74) is 5.75. The second kappa shape index (κ2) is 6.61. The van der Waals surface area contributed by atoms with Gasteiger partial charge >= 0.3 is 0 Å². The maximum absolute atomic E-state index is 6.62. The summed E-state index contributed by atoms with van der Waals surface area (Å²) < 4.78 is 9.03. The highest BCUT2D eigenvalue weighted by atomic mass is 16.3. The number of hydrogen-bond acceptors (Lipinski definition) is 1. The number of nitrogens with zero attached hydrogens (tertiary/aromatic N) is 1. The van der Waals surface area contributed by atoms with E-state index in [1.54, 1.807) is 0 Å². The summed E-state index contributed by atoms with van der Waals surface area (Å²) in [4.78, 5) is 0. The van der Waals surface area contributed by atoms with Gasteiger partial charge in [-0.3, -0.25) is 0 Å². The van der Waals surface area contributed by atoms with Crippen molar-refractivity contribution >= 4 is 60.4 Å². The molecule has 5 aromatic carbocycles. The van der Waals surface area contributed by atoms with Crippen LogP contribution in [0.1, 0.15) is 17.7 Å². The lowest BCUT2D eigenvalue weighted by molar-refractivity contribution is 0.548. The molecule has 0 fully saturated rings. The summed E-state index contributed by atoms with van der Waals surface area (Å²) in [7, 11) is 0. The van der Waals surface area contributed by atoms with Gasteiger partial charge in [-0.1, -0.05) is 78.9 Å². The minimum Gasteiger partial charge on any atom is -0.458 e. The van der Waals surface area contributed by atoms with Gasteiger partial charge in [0.05, 0.1) is 11.0 Å². The molecule has 0 saturated carbocycles. The smallest absolute Gasteiger partial charge is 0.159 e. The third-order valence-corrected chi connectivity index (χ3v) is 7.40. The maximum Gasteiger partial charge on any atom is 0.159 e. The molecule has 1 aliphatic carbocycles. The van der Waals surface area contributed by atoms with Crippen molar-refractivity contribution < 1.29 is 4.42 Å². The first kappa shape index (κ1) is 18.2. The summed E-state index contributed by atoms with van der Waals surface area (Å²) in [6, 6.07) is 33.0. The Hall–Kier alpha value is -4.30. The molecule has 7 aromatic rings. The number of fused-ring (bicyclic) bond motifs is 10. The Kier molecular flexibility index (Phi) is 3.53. The fourth-order valence-corrected chi connectivity index (χ4v) is 5.86. The summed E-state index contributed by atoms with van der Waals surface area (Å²) >= 11 is 0. The minimum atomic E-state index is 0.959. The zero-order valence-electron chi connectivity index (χ0n) is 18.6. The first-order valence-electron chi connectivity index (χ1n) is 11.9. The van der Waals surface area contributed by atoms with Crippen LogP contribution in [0.15, 0.2) is 101 Å². The molecule has 0 bridgehead atoms. The SMILES string of the molecule is C1=Cc2c(oc3c2ccc2c4c5ccccc5ccc4n(-c4ccc5ccccc5c4)c23)CC1. The zero-order chi connectivity index (χ0) is 22.2. The van der Waals surface area contributed by atoms with Crippen LogP contribution < -0.4 is 0 Å². The highest BCUT2D eigenvalue weighted by Crippen LogP contribution is 2.43. The van der Waals surface area contributed by atoms with Crippen molar-refractivity contribution in [3.63, 3.8) is 0 Å². The van der Waals surface area contributed by atoms with Gasteiger partial charge in [-0.2, -0.15) is 0 Å². The number of rotatable bonds is 1. The standard InChI is InChI=1S/C32H21NO/c1-2-9-22-19-23(15-13-20(22)7-1)33-28-18-14-21-8-3-4-10-24(21)30(28)27-17-16-26-25-11-5-6-12-29(25)34-32(26)31(27)33/h1-5,7-11,13-19H,6,12H2. The zero-order valence-corrected chi connectivity index (χ0v) is 18.6. The molecule has 0 saturated heterocycles. The molecule has 2 nitrogen and oxygen atoms in total. The Bertz CT molecular complexity index is 1960. The second-order valence-corrected chi connectivity index (χ2v) is 9.27. The second-order valence-electron chi connectivity index (χ2n) is 9.27. The van der Waals surface area contributed by atoms with Crippen LogP contribution in [0.4, 0.5) is 0 Å². The van der Waals surface area contributed by atoms with Crippen LogP contribution in [-0.4, -0.2) is 4.57 Å². The molecular formula is C32H21NO. The normalized spacial score (nSPS) is 13.5. The van der Waals surface area contributed by atoms with Gasteiger partial charge in [-0.25, -0.2) is 0 Å². The van der Waals surface area contributed by atoms with E-state index in [4.69, 9.17) is 4.42 Å². The van der Waals surface area contributed by atoms with Crippen molar-refractivity contribution in [2.24, 2.45) is 0 Å². The number of aromatic nitrogens is 1. The third kappa shape index (κ3) is 2.35. The van der Waals surface area contributed by atoms with Crippen LogP contribution in [0.25, 0.3) is 66.1 Å². The topological polar surface area (TPSA) is 18.1 Å². The minimum absolute atomic E-state index is 0.959. The van der Waals surface area contributed by atoms with E-state index in [-0.39, 0.29) is 0 Å². The highest BCUT2D eigenvalue weighted by molar-refractivity contribution is 6.25. The number of aryl methyl sites for hydroxylation is 1. The lowest BCUT2D eigenvalue weighted by Crippen LogP contribution is -1.94. The Morgan fingerprint density at radius 3 is 2.41 bits per heavy atom. The van der Waals surface area contributed by atoms with Gasteiger partial charge in [-0.15, -0.1) is 0 Å². The van der Waals surface area contributed by atoms with Crippen LogP contribution >= 0.6 is 0 Å². The van der Waals surface area contributed by atoms with Crippen LogP contribution in [0, 0.1) is 0 Å². The molecular weight excluding hydrogens is 414 g/mol. The van der Waals surface area contributed by atoms with Gasteiger partial charge in [0.1, 0.15) is 5.76 Å². The molecule has 2 aromatic heterocycles. The highest BCUT2D eigenvalue weighted by Gasteiger charge is 2.22. The predicted octanol–water partition coefficient (Wildman–Crippen LogP) is 8.80. The van der Waals surface area contributed by atoms with E-state index in [2.05, 4.69) is 108 Å². The van der Waals surface area contributed by atoms with Gasteiger partial charge in [0.25, 0.3) is 0 Å². The average molecular weight is 436 g/mol. The van der Waals surface area contributed by atoms with Gasteiger partial charge in [0.15, 0.2) is 5.58 Å². The van der Waals surface area contributed by atoms with Gasteiger partial charge in [-0.05, 0) is 52.2 Å². The fraction of sp³-hybridized carbons (Fsp3) is 0.0625. The Morgan fingerprint density at radius 1 is 0.676 bits per heavy atom. The lowest BCUT2D eigenvalue weighted by Gasteiger charge is -2.10. The molecule has 0 radical (unpaired) electrons. The van der Waals surface area contributed by atoms with E-state index < -0.39 is 0 Å². The first-order chi connectivity index (χ1) is 16.9. The average Bonchev–Trinajstić information content (AvgIpc) is 3.44. The Balaban J connectivity index is 1.61. The molecule has 34 heavy (non-hydrogen) atoms. The van der Waals surface area contributed by atoms with Crippen molar-refractivity contribution in [1.82, 2.24) is 4.57 Å². The van der Waals surface area contributed by atoms with E-state index in [9.17, 15) is 0 Å². The quantitative estimate of drug-likeness (QED) is 0.252. The number of allylic oxidation sites excluding steroid dienone is 1. The third-order valence-electron chi connectivity index (χ3n) is 7.40. The van der Waals surface area contributed by atoms with Crippen molar-refractivity contribution in [2.45, 2.75) is 12.8 Å². The Labute approximate surface area is 196 Å². The fourth-order valence-electron chi connectivity index (χ4n) is 5.86. The molecule has 0 atom stereocenters. The molecule has 0 unspecified atom stereocenters. The number of benzene rings is 5. The van der Waals surface area contributed by atoms with Crippen LogP contribution in [0.2, 0.25) is 0 Å². The largest absolute Gasteiger partial charge is 0.458 e. The molecule has 0 N–H and O–H groups in total. The maximum atomic E-state index is 6.62. The summed E-state index contributed by atoms with van der Waals surface area (Å²) in [5.74, 6) is 1.10. The number of hydrogen-bond donors (Lipinski definition) is 0. The van der Waals surface area contributed by atoms with Crippen LogP contribution in [0.3, 0.4) is 0 Å². The van der Waals surface area contributed by atoms with Gasteiger partial charge in [0, 0.05) is 33.8 Å². The monoisotopic (exact) mass is 435 g/mol. The molecule has 0 spiro atoms. The van der Waals surface area contributed by atoms with E-state index in [1.165, 1.54) is 48.8 Å². The summed E-state index contributed by atoms with van der Waals surface area (Å²) in [6.45, 7) is 0. The van der Waals surface area contributed by atoms with Crippen LogP contribution in [0.5, 0.6) is 0 Å². The van der Waals surface area contributed by atoms with Crippen molar-refractivity contribution in [2.75, 3.05) is 0 Å². The van der Waals surface area contributed by atoms with Crippen molar-refractivity contribution in [3.8, 4) is 5.69 Å². The molecule has 160 valence electrons. The van der Waals surface area contributed by atoms with Crippen molar-refractivity contribution in [3.05, 3.63) is 108 Å².